The predicted molar refractivity (Wildman–Crippen MR) is 48.8 cm³/mol. The molecule has 0 radical (unpaired) electrons. The summed E-state index contributed by atoms with van der Waals surface area (Å²) in [5, 5.41) is 9.03. The van der Waals surface area contributed by atoms with Gasteiger partial charge in [-0.2, -0.15) is 0 Å². The van der Waals surface area contributed by atoms with Crippen molar-refractivity contribution in [1.82, 2.24) is 4.90 Å². The van der Waals surface area contributed by atoms with Gasteiger partial charge in [0, 0.05) is 5.54 Å². The lowest BCUT2D eigenvalue weighted by molar-refractivity contribution is 0.0656. The van der Waals surface area contributed by atoms with Crippen LogP contribution in [0.25, 0.3) is 0 Å². The fourth-order valence-corrected chi connectivity index (χ4v) is 1.57. The highest BCUT2D eigenvalue weighted by Gasteiger charge is 2.40. The fourth-order valence-electron chi connectivity index (χ4n) is 1.57. The highest BCUT2D eigenvalue weighted by molar-refractivity contribution is 5.66. The summed E-state index contributed by atoms with van der Waals surface area (Å²) in [4.78, 5) is 12.4. The van der Waals surface area contributed by atoms with E-state index in [1.165, 1.54) is 4.90 Å². The van der Waals surface area contributed by atoms with Crippen molar-refractivity contribution in [1.29, 1.82) is 0 Å². The zero-order chi connectivity index (χ0) is 10.2. The van der Waals surface area contributed by atoms with E-state index in [1.807, 2.05) is 27.7 Å². The Hall–Kier alpha value is -0.770. The number of amides is 1. The summed E-state index contributed by atoms with van der Waals surface area (Å²) in [7, 11) is 0. The quantitative estimate of drug-likeness (QED) is 0.667. The Bertz CT molecular complexity index is 205. The van der Waals surface area contributed by atoms with Gasteiger partial charge < -0.3 is 9.84 Å². The van der Waals surface area contributed by atoms with E-state index in [4.69, 9.17) is 9.84 Å². The molecule has 0 spiro atoms. The maximum absolute atomic E-state index is 11.0. The van der Waals surface area contributed by atoms with E-state index in [1.54, 1.807) is 0 Å². The van der Waals surface area contributed by atoms with Gasteiger partial charge in [0.1, 0.15) is 6.10 Å². The molecule has 0 saturated carbocycles. The molecule has 0 aromatic heterocycles. The van der Waals surface area contributed by atoms with Gasteiger partial charge in [0.15, 0.2) is 0 Å². The van der Waals surface area contributed by atoms with E-state index in [-0.39, 0.29) is 17.7 Å². The summed E-state index contributed by atoms with van der Waals surface area (Å²) >= 11 is 0. The largest absolute Gasteiger partial charge is 0.465 e. The number of hydrogen-bond acceptors (Lipinski definition) is 2. The minimum atomic E-state index is -0.879. The summed E-state index contributed by atoms with van der Waals surface area (Å²) in [6, 6.07) is -0.0579. The Morgan fingerprint density at radius 1 is 1.62 bits per heavy atom. The molecule has 4 nitrogen and oxygen atoms in total. The van der Waals surface area contributed by atoms with Crippen molar-refractivity contribution in [3.8, 4) is 0 Å². The van der Waals surface area contributed by atoms with Crippen molar-refractivity contribution >= 4 is 6.09 Å². The molecule has 0 aliphatic carbocycles. The minimum Gasteiger partial charge on any atom is -0.465 e. The lowest BCUT2D eigenvalue weighted by Crippen LogP contribution is -2.52. The molecule has 76 valence electrons. The molecule has 1 aliphatic heterocycles. The summed E-state index contributed by atoms with van der Waals surface area (Å²) in [6.07, 6.45) is -0.786. The first-order chi connectivity index (χ1) is 5.84. The Morgan fingerprint density at radius 3 is 2.31 bits per heavy atom. The lowest BCUT2D eigenvalue weighted by atomic mass is 10.0. The van der Waals surface area contributed by atoms with E-state index in [0.717, 1.165) is 0 Å². The standard InChI is InChI=1S/C9H17NO3/c1-6(7-5-13-7)10(8(11)12)9(2,3)4/h6-7H,5H2,1-4H3,(H,11,12)/t6-,7-/m0/s1. The minimum absolute atomic E-state index is 0.0579. The van der Waals surface area contributed by atoms with Crippen LogP contribution in [0.5, 0.6) is 0 Å². The zero-order valence-electron chi connectivity index (χ0n) is 8.57. The van der Waals surface area contributed by atoms with E-state index in [0.29, 0.717) is 6.61 Å². The fraction of sp³-hybridized carbons (Fsp3) is 0.889. The number of hydrogen-bond donors (Lipinski definition) is 1. The van der Waals surface area contributed by atoms with Gasteiger partial charge in [-0.15, -0.1) is 0 Å². The summed E-state index contributed by atoms with van der Waals surface area (Å²) in [5.74, 6) is 0. The van der Waals surface area contributed by atoms with Crippen LogP contribution in [0.2, 0.25) is 0 Å². The molecule has 0 aromatic rings. The molecule has 1 rings (SSSR count). The molecule has 2 atom stereocenters. The van der Waals surface area contributed by atoms with Crippen LogP contribution in [0, 0.1) is 0 Å². The van der Waals surface area contributed by atoms with Crippen molar-refractivity contribution < 1.29 is 14.6 Å². The van der Waals surface area contributed by atoms with Crippen LogP contribution in [0.1, 0.15) is 27.7 Å². The third kappa shape index (κ3) is 2.34. The summed E-state index contributed by atoms with van der Waals surface area (Å²) < 4.78 is 5.09. The second-order valence-corrected chi connectivity index (χ2v) is 4.44. The van der Waals surface area contributed by atoms with Crippen LogP contribution >= 0.6 is 0 Å². The summed E-state index contributed by atoms with van der Waals surface area (Å²) in [6.45, 7) is 8.23. The number of ether oxygens (including phenoxy) is 1. The molecule has 1 saturated heterocycles. The Labute approximate surface area is 78.5 Å². The maximum atomic E-state index is 11.0. The zero-order valence-corrected chi connectivity index (χ0v) is 8.57. The van der Waals surface area contributed by atoms with Gasteiger partial charge in [-0.05, 0) is 27.7 Å². The summed E-state index contributed by atoms with van der Waals surface area (Å²) in [5.41, 5.74) is -0.364. The highest BCUT2D eigenvalue weighted by Crippen LogP contribution is 2.25. The van der Waals surface area contributed by atoms with Crippen LogP contribution in [0.15, 0.2) is 0 Å². The molecule has 0 bridgehead atoms. The molecular weight excluding hydrogens is 170 g/mol. The third-order valence-corrected chi connectivity index (χ3v) is 2.23. The Kier molecular flexibility index (Phi) is 2.52. The van der Waals surface area contributed by atoms with Crippen molar-refractivity contribution in [2.75, 3.05) is 6.61 Å². The first-order valence-corrected chi connectivity index (χ1v) is 4.48. The molecule has 13 heavy (non-hydrogen) atoms. The number of rotatable bonds is 2. The molecule has 0 aromatic carbocycles. The van der Waals surface area contributed by atoms with Crippen LogP contribution in [0.4, 0.5) is 4.79 Å². The molecule has 4 heteroatoms. The highest BCUT2D eigenvalue weighted by atomic mass is 16.6. The predicted octanol–water partition coefficient (Wildman–Crippen LogP) is 1.55. The Balaban J connectivity index is 2.72. The molecule has 1 heterocycles. The molecule has 0 unspecified atom stereocenters. The van der Waals surface area contributed by atoms with Gasteiger partial charge in [0.25, 0.3) is 0 Å². The number of carboxylic acid groups (broad SMARTS) is 1. The second-order valence-electron chi connectivity index (χ2n) is 4.44. The van der Waals surface area contributed by atoms with E-state index < -0.39 is 6.09 Å². The number of nitrogens with zero attached hydrogens (tertiary/aromatic N) is 1. The van der Waals surface area contributed by atoms with Gasteiger partial charge >= 0.3 is 6.09 Å². The van der Waals surface area contributed by atoms with Crippen LogP contribution < -0.4 is 0 Å². The lowest BCUT2D eigenvalue weighted by Gasteiger charge is -2.37. The van der Waals surface area contributed by atoms with Crippen LogP contribution in [0.3, 0.4) is 0 Å². The van der Waals surface area contributed by atoms with Gasteiger partial charge in [-0.25, -0.2) is 4.79 Å². The van der Waals surface area contributed by atoms with Gasteiger partial charge in [0.2, 0.25) is 0 Å². The van der Waals surface area contributed by atoms with Crippen molar-refractivity contribution in [3.05, 3.63) is 0 Å². The van der Waals surface area contributed by atoms with Crippen LogP contribution in [-0.4, -0.2) is 40.4 Å². The molecular formula is C9H17NO3. The first kappa shape index (κ1) is 10.3. The number of epoxide rings is 1. The van der Waals surface area contributed by atoms with Gasteiger partial charge in [-0.3, -0.25) is 4.90 Å². The van der Waals surface area contributed by atoms with Gasteiger partial charge in [-0.1, -0.05) is 0 Å². The molecule has 1 amide bonds. The smallest absolute Gasteiger partial charge is 0.408 e. The molecule has 1 N–H and O–H groups in total. The normalized spacial score (nSPS) is 23.8. The Morgan fingerprint density at radius 2 is 2.08 bits per heavy atom. The average molecular weight is 187 g/mol. The maximum Gasteiger partial charge on any atom is 0.408 e. The monoisotopic (exact) mass is 187 g/mol. The second kappa shape index (κ2) is 3.18. The van der Waals surface area contributed by atoms with Crippen molar-refractivity contribution in [2.45, 2.75) is 45.4 Å². The van der Waals surface area contributed by atoms with Crippen molar-refractivity contribution in [2.24, 2.45) is 0 Å². The van der Waals surface area contributed by atoms with E-state index in [2.05, 4.69) is 0 Å². The van der Waals surface area contributed by atoms with E-state index >= 15 is 0 Å². The van der Waals surface area contributed by atoms with Crippen LogP contribution in [-0.2, 0) is 4.74 Å². The first-order valence-electron chi connectivity index (χ1n) is 4.48. The van der Waals surface area contributed by atoms with E-state index in [9.17, 15) is 4.79 Å². The SMILES string of the molecule is C[C@@H]([C@@H]1CO1)N(C(=O)O)C(C)(C)C. The third-order valence-electron chi connectivity index (χ3n) is 2.23. The molecule has 1 aliphatic rings. The number of carbonyl (C=O) groups is 1. The van der Waals surface area contributed by atoms with Crippen molar-refractivity contribution in [3.63, 3.8) is 0 Å². The molecule has 1 fully saturated rings. The topological polar surface area (TPSA) is 53.1 Å². The van der Waals surface area contributed by atoms with Gasteiger partial charge in [0.05, 0.1) is 12.6 Å². The average Bonchev–Trinajstić information content (AvgIpc) is 2.61.